The lowest BCUT2D eigenvalue weighted by atomic mass is 10.1. The van der Waals surface area contributed by atoms with Crippen LogP contribution in [0.5, 0.6) is 0 Å². The molecule has 0 aliphatic rings. The lowest BCUT2D eigenvalue weighted by Gasteiger charge is -2.11. The molecule has 0 atom stereocenters. The van der Waals surface area contributed by atoms with Gasteiger partial charge in [-0.1, -0.05) is 29.3 Å². The summed E-state index contributed by atoms with van der Waals surface area (Å²) in [6.45, 7) is 0. The number of nitrogen functional groups attached to an aromatic ring is 1. The summed E-state index contributed by atoms with van der Waals surface area (Å²) >= 11 is 11.7. The van der Waals surface area contributed by atoms with Crippen molar-refractivity contribution in [3.8, 4) is 0 Å². The van der Waals surface area contributed by atoms with Crippen LogP contribution in [0.4, 0.5) is 16.2 Å². The monoisotopic (exact) mass is 338 g/mol. The maximum atomic E-state index is 12.0. The number of halogens is 2. The van der Waals surface area contributed by atoms with Crippen LogP contribution in [-0.4, -0.2) is 11.9 Å². The Morgan fingerprint density at radius 2 is 1.68 bits per heavy atom. The Labute approximate surface area is 136 Å². The van der Waals surface area contributed by atoms with E-state index in [9.17, 15) is 9.59 Å². The van der Waals surface area contributed by atoms with Crippen molar-refractivity contribution in [3.63, 3.8) is 0 Å². The van der Waals surface area contributed by atoms with E-state index in [0.717, 1.165) is 0 Å². The highest BCUT2D eigenvalue weighted by Gasteiger charge is 2.13. The molecule has 0 bridgehead atoms. The van der Waals surface area contributed by atoms with Gasteiger partial charge in [0.2, 0.25) is 0 Å². The molecule has 0 heterocycles. The van der Waals surface area contributed by atoms with Crippen molar-refractivity contribution in [2.24, 2.45) is 5.84 Å². The minimum atomic E-state index is -0.547. The molecule has 0 aliphatic heterocycles. The third-order valence-electron chi connectivity index (χ3n) is 2.69. The molecule has 2 aromatic carbocycles. The number of benzene rings is 2. The largest absolute Gasteiger partial charge is 0.323 e. The molecule has 8 heteroatoms. The van der Waals surface area contributed by atoms with E-state index in [2.05, 4.69) is 10.6 Å². The van der Waals surface area contributed by atoms with Crippen molar-refractivity contribution in [1.82, 2.24) is 5.43 Å². The number of hydrogen-bond acceptors (Lipinski definition) is 3. The SMILES string of the molecule is NNC(=O)c1ccc(Cl)cc1NC(=O)Nc1cccc(Cl)c1. The van der Waals surface area contributed by atoms with Gasteiger partial charge >= 0.3 is 6.03 Å². The first-order chi connectivity index (χ1) is 10.5. The molecule has 2 aromatic rings. The van der Waals surface area contributed by atoms with Gasteiger partial charge in [0.15, 0.2) is 0 Å². The van der Waals surface area contributed by atoms with Crippen molar-refractivity contribution in [1.29, 1.82) is 0 Å². The zero-order chi connectivity index (χ0) is 16.1. The molecular formula is C14H12Cl2N4O2. The van der Waals surface area contributed by atoms with E-state index in [1.165, 1.54) is 18.2 Å². The van der Waals surface area contributed by atoms with E-state index >= 15 is 0 Å². The molecule has 0 aliphatic carbocycles. The summed E-state index contributed by atoms with van der Waals surface area (Å²) in [6.07, 6.45) is 0. The Kier molecular flexibility index (Phi) is 5.21. The summed E-state index contributed by atoms with van der Waals surface area (Å²) in [5.41, 5.74) is 2.93. The van der Waals surface area contributed by atoms with Gasteiger partial charge < -0.3 is 10.6 Å². The van der Waals surface area contributed by atoms with Gasteiger partial charge in [-0.3, -0.25) is 10.2 Å². The van der Waals surface area contributed by atoms with Crippen LogP contribution in [0.3, 0.4) is 0 Å². The molecule has 0 saturated heterocycles. The van der Waals surface area contributed by atoms with Gasteiger partial charge in [-0.15, -0.1) is 0 Å². The number of hydrogen-bond donors (Lipinski definition) is 4. The van der Waals surface area contributed by atoms with E-state index in [-0.39, 0.29) is 11.3 Å². The quantitative estimate of drug-likeness (QED) is 0.393. The Balaban J connectivity index is 2.17. The lowest BCUT2D eigenvalue weighted by molar-refractivity contribution is 0.0954. The zero-order valence-corrected chi connectivity index (χ0v) is 12.7. The minimum absolute atomic E-state index is 0.188. The third kappa shape index (κ3) is 4.11. The average molecular weight is 339 g/mol. The number of hydrazine groups is 1. The normalized spacial score (nSPS) is 9.95. The second kappa shape index (κ2) is 7.13. The van der Waals surface area contributed by atoms with Crippen molar-refractivity contribution < 1.29 is 9.59 Å². The van der Waals surface area contributed by atoms with E-state index in [1.54, 1.807) is 24.3 Å². The highest BCUT2D eigenvalue weighted by atomic mass is 35.5. The van der Waals surface area contributed by atoms with Gasteiger partial charge in [0, 0.05) is 15.7 Å². The summed E-state index contributed by atoms with van der Waals surface area (Å²) in [7, 11) is 0. The molecule has 0 aromatic heterocycles. The van der Waals surface area contributed by atoms with Crippen LogP contribution in [0.2, 0.25) is 10.0 Å². The maximum Gasteiger partial charge on any atom is 0.323 e. The van der Waals surface area contributed by atoms with Gasteiger partial charge in [-0.2, -0.15) is 0 Å². The number of nitrogens with two attached hydrogens (primary N) is 1. The molecule has 3 amide bonds. The second-order valence-electron chi connectivity index (χ2n) is 4.25. The highest BCUT2D eigenvalue weighted by Crippen LogP contribution is 2.22. The molecule has 0 unspecified atom stereocenters. The van der Waals surface area contributed by atoms with Crippen molar-refractivity contribution >= 4 is 46.5 Å². The lowest BCUT2D eigenvalue weighted by Crippen LogP contribution is -2.31. The van der Waals surface area contributed by atoms with Gasteiger partial charge in [-0.25, -0.2) is 10.6 Å². The van der Waals surface area contributed by atoms with Crippen molar-refractivity contribution in [3.05, 3.63) is 58.1 Å². The van der Waals surface area contributed by atoms with E-state index < -0.39 is 11.9 Å². The van der Waals surface area contributed by atoms with Gasteiger partial charge in [0.1, 0.15) is 0 Å². The number of carbonyl (C=O) groups is 2. The number of anilines is 2. The molecule has 0 fully saturated rings. The fourth-order valence-electron chi connectivity index (χ4n) is 1.75. The van der Waals surface area contributed by atoms with Crippen molar-refractivity contribution in [2.75, 3.05) is 10.6 Å². The van der Waals surface area contributed by atoms with Crippen LogP contribution < -0.4 is 21.9 Å². The number of carbonyl (C=O) groups excluding carboxylic acids is 2. The number of rotatable bonds is 3. The van der Waals surface area contributed by atoms with Crippen LogP contribution >= 0.6 is 23.2 Å². The van der Waals surface area contributed by atoms with Crippen LogP contribution in [0.1, 0.15) is 10.4 Å². The predicted molar refractivity (Wildman–Crippen MR) is 87.2 cm³/mol. The Morgan fingerprint density at radius 3 is 2.36 bits per heavy atom. The van der Waals surface area contributed by atoms with E-state index in [0.29, 0.717) is 15.7 Å². The standard InChI is InChI=1S/C14H12Cl2N4O2/c15-8-2-1-3-10(6-8)18-14(22)19-12-7-9(16)4-5-11(12)13(21)20-17/h1-7H,17H2,(H,20,21)(H2,18,19,22). The third-order valence-corrected chi connectivity index (χ3v) is 3.16. The fraction of sp³-hybridized carbons (Fsp3) is 0. The van der Waals surface area contributed by atoms with Crippen LogP contribution in [0.15, 0.2) is 42.5 Å². The molecule has 5 N–H and O–H groups in total. The number of nitrogens with one attached hydrogen (secondary N) is 3. The Bertz CT molecular complexity index is 722. The molecular weight excluding hydrogens is 327 g/mol. The van der Waals surface area contributed by atoms with Gasteiger partial charge in [0.25, 0.3) is 5.91 Å². The molecule has 0 saturated carbocycles. The van der Waals surface area contributed by atoms with Crippen molar-refractivity contribution in [2.45, 2.75) is 0 Å². The average Bonchev–Trinajstić information content (AvgIpc) is 2.46. The van der Waals surface area contributed by atoms with Gasteiger partial charge in [-0.05, 0) is 36.4 Å². The zero-order valence-electron chi connectivity index (χ0n) is 11.2. The molecule has 2 rings (SSSR count). The summed E-state index contributed by atoms with van der Waals surface area (Å²) < 4.78 is 0. The molecule has 0 spiro atoms. The van der Waals surface area contributed by atoms with Crippen LogP contribution in [0, 0.1) is 0 Å². The number of amides is 3. The predicted octanol–water partition coefficient (Wildman–Crippen LogP) is 3.24. The Hall–Kier alpha value is -2.28. The summed E-state index contributed by atoms with van der Waals surface area (Å²) in [5.74, 6) is 4.56. The van der Waals surface area contributed by atoms with Crippen LogP contribution in [0.25, 0.3) is 0 Å². The van der Waals surface area contributed by atoms with E-state index in [4.69, 9.17) is 29.0 Å². The molecule has 22 heavy (non-hydrogen) atoms. The summed E-state index contributed by atoms with van der Waals surface area (Å²) in [5, 5.41) is 5.99. The van der Waals surface area contributed by atoms with Crippen LogP contribution in [-0.2, 0) is 0 Å². The topological polar surface area (TPSA) is 96.2 Å². The smallest absolute Gasteiger partial charge is 0.308 e. The minimum Gasteiger partial charge on any atom is -0.308 e. The molecule has 6 nitrogen and oxygen atoms in total. The fourth-order valence-corrected chi connectivity index (χ4v) is 2.11. The maximum absolute atomic E-state index is 12.0. The number of urea groups is 1. The first-order valence-electron chi connectivity index (χ1n) is 6.13. The summed E-state index contributed by atoms with van der Waals surface area (Å²) in [4.78, 5) is 23.7. The van der Waals surface area contributed by atoms with E-state index in [1.807, 2.05) is 5.43 Å². The molecule has 114 valence electrons. The first-order valence-corrected chi connectivity index (χ1v) is 6.89. The summed E-state index contributed by atoms with van der Waals surface area (Å²) in [6, 6.07) is 10.5. The van der Waals surface area contributed by atoms with Gasteiger partial charge in [0.05, 0.1) is 11.3 Å². The second-order valence-corrected chi connectivity index (χ2v) is 5.13. The molecule has 0 radical (unpaired) electrons. The first kappa shape index (κ1) is 16.1. The highest BCUT2D eigenvalue weighted by molar-refractivity contribution is 6.31. The Morgan fingerprint density at radius 1 is 0.955 bits per heavy atom.